The number of carbonyl (C=O) groups is 1. The second-order valence-electron chi connectivity index (χ2n) is 7.13. The van der Waals surface area contributed by atoms with Crippen molar-refractivity contribution in [2.75, 3.05) is 11.9 Å². The van der Waals surface area contributed by atoms with Gasteiger partial charge >= 0.3 is 5.97 Å². The van der Waals surface area contributed by atoms with Crippen LogP contribution in [0.2, 0.25) is 15.1 Å². The Kier molecular flexibility index (Phi) is 7.34. The Balaban J connectivity index is 1.75. The number of hydrogen-bond donors (Lipinski definition) is 1. The van der Waals surface area contributed by atoms with Gasteiger partial charge in [0, 0.05) is 32.1 Å². The summed E-state index contributed by atoms with van der Waals surface area (Å²) in [5, 5.41) is 9.82. The van der Waals surface area contributed by atoms with Crippen molar-refractivity contribution in [3.8, 4) is 0 Å². The highest BCUT2D eigenvalue weighted by Crippen LogP contribution is 2.42. The fraction of sp³-hybridized carbons (Fsp3) is 0.174. The van der Waals surface area contributed by atoms with E-state index in [0.29, 0.717) is 48.8 Å². The van der Waals surface area contributed by atoms with Crippen LogP contribution in [0.15, 0.2) is 71.5 Å². The van der Waals surface area contributed by atoms with Crippen LogP contribution in [-0.2, 0) is 15.3 Å². The molecule has 1 aliphatic heterocycles. The predicted molar refractivity (Wildman–Crippen MR) is 133 cm³/mol. The first-order valence-electron chi connectivity index (χ1n) is 9.93. The second-order valence-corrected chi connectivity index (χ2v) is 9.30. The number of halogens is 3. The van der Waals surface area contributed by atoms with Crippen molar-refractivity contribution in [3.05, 3.63) is 92.6 Å². The van der Waals surface area contributed by atoms with E-state index in [1.54, 1.807) is 29.8 Å². The van der Waals surface area contributed by atoms with Crippen LogP contribution in [0.4, 0.5) is 5.95 Å². The molecule has 0 aliphatic carbocycles. The van der Waals surface area contributed by atoms with Crippen LogP contribution in [0.25, 0.3) is 0 Å². The lowest BCUT2D eigenvalue weighted by Gasteiger charge is -2.29. The Labute approximate surface area is 210 Å². The quantitative estimate of drug-likeness (QED) is 0.216. The number of hydrogen-bond acceptors (Lipinski definition) is 6. The maximum Gasteiger partial charge on any atom is 0.338 e. The molecule has 2 heterocycles. The lowest BCUT2D eigenvalue weighted by molar-refractivity contribution is -0.138. The van der Waals surface area contributed by atoms with Crippen LogP contribution < -0.4 is 5.32 Å². The van der Waals surface area contributed by atoms with Gasteiger partial charge in [-0.3, -0.25) is 0 Å². The molecule has 1 aromatic heterocycles. The normalized spacial score (nSPS) is 15.1. The average molecular weight is 522 g/mol. The van der Waals surface area contributed by atoms with Crippen molar-refractivity contribution in [2.24, 2.45) is 0 Å². The van der Waals surface area contributed by atoms with E-state index in [2.05, 4.69) is 22.0 Å². The number of esters is 1. The minimum Gasteiger partial charge on any atom is -0.458 e. The number of aromatic nitrogens is 3. The molecule has 6 nitrogen and oxygen atoms in total. The monoisotopic (exact) mass is 520 g/mol. The number of thioether (sulfide) groups is 1. The summed E-state index contributed by atoms with van der Waals surface area (Å²) in [4.78, 5) is 17.6. The molecule has 1 N–H and O–H groups in total. The third kappa shape index (κ3) is 4.92. The summed E-state index contributed by atoms with van der Waals surface area (Å²) in [6.45, 7) is 5.45. The summed E-state index contributed by atoms with van der Waals surface area (Å²) in [5.74, 6) is 0.532. The van der Waals surface area contributed by atoms with Crippen molar-refractivity contribution in [1.82, 2.24) is 14.8 Å². The fourth-order valence-electron chi connectivity index (χ4n) is 3.47. The number of nitrogens with zero attached hydrogens (tertiary/aromatic N) is 3. The van der Waals surface area contributed by atoms with Crippen LogP contribution in [-0.4, -0.2) is 27.3 Å². The van der Waals surface area contributed by atoms with E-state index in [9.17, 15) is 4.79 Å². The van der Waals surface area contributed by atoms with Crippen molar-refractivity contribution >= 4 is 58.5 Å². The first-order valence-corrected chi connectivity index (χ1v) is 12.0. The molecule has 0 saturated heterocycles. The van der Waals surface area contributed by atoms with E-state index >= 15 is 0 Å². The fourth-order valence-corrected chi connectivity index (χ4v) is 5.18. The van der Waals surface area contributed by atoms with Gasteiger partial charge in [0.15, 0.2) is 0 Å². The summed E-state index contributed by atoms with van der Waals surface area (Å²) in [6.07, 6.45) is 1.51. The molecule has 1 aliphatic rings. The molecule has 0 amide bonds. The van der Waals surface area contributed by atoms with E-state index in [1.165, 1.54) is 17.8 Å². The van der Waals surface area contributed by atoms with E-state index in [4.69, 9.17) is 39.5 Å². The van der Waals surface area contributed by atoms with Gasteiger partial charge in [0.25, 0.3) is 0 Å². The molecular formula is C23H19Cl3N4O2S. The Bertz CT molecular complexity index is 1240. The van der Waals surface area contributed by atoms with Crippen LogP contribution in [0.1, 0.15) is 24.1 Å². The summed E-state index contributed by atoms with van der Waals surface area (Å²) in [6, 6.07) is 12.1. The molecule has 3 aromatic rings. The number of benzene rings is 2. The van der Waals surface area contributed by atoms with Gasteiger partial charge < -0.3 is 10.1 Å². The topological polar surface area (TPSA) is 69.0 Å². The van der Waals surface area contributed by atoms with Gasteiger partial charge in [0.2, 0.25) is 11.1 Å². The van der Waals surface area contributed by atoms with E-state index < -0.39 is 12.0 Å². The van der Waals surface area contributed by atoms with Crippen LogP contribution in [0.3, 0.4) is 0 Å². The zero-order valence-corrected chi connectivity index (χ0v) is 20.6. The average Bonchev–Trinajstić information content (AvgIpc) is 3.19. The molecule has 2 aromatic carbocycles. The van der Waals surface area contributed by atoms with Crippen LogP contribution in [0, 0.1) is 0 Å². The number of allylic oxidation sites excluding steroid dienone is 1. The molecule has 1 atom stereocenters. The van der Waals surface area contributed by atoms with Crippen molar-refractivity contribution in [2.45, 2.75) is 23.9 Å². The smallest absolute Gasteiger partial charge is 0.338 e. The van der Waals surface area contributed by atoms with Gasteiger partial charge in [-0.25, -0.2) is 9.48 Å². The summed E-state index contributed by atoms with van der Waals surface area (Å²) in [5.41, 5.74) is 2.43. The number of anilines is 1. The third-order valence-corrected chi connectivity index (χ3v) is 6.89. The van der Waals surface area contributed by atoms with Crippen LogP contribution in [0.5, 0.6) is 0 Å². The van der Waals surface area contributed by atoms with Gasteiger partial charge in [-0.2, -0.15) is 4.98 Å². The van der Waals surface area contributed by atoms with Crippen LogP contribution >= 0.6 is 46.6 Å². The molecule has 170 valence electrons. The molecule has 10 heteroatoms. The highest BCUT2D eigenvalue weighted by Gasteiger charge is 2.37. The molecule has 0 spiro atoms. The van der Waals surface area contributed by atoms with Gasteiger partial charge in [-0.1, -0.05) is 83.5 Å². The molecule has 0 fully saturated rings. The van der Waals surface area contributed by atoms with Crippen molar-refractivity contribution < 1.29 is 9.53 Å². The lowest BCUT2D eigenvalue weighted by atomic mass is 9.95. The standard InChI is InChI=1S/C23H19Cl3N4O2S/c1-3-11-32-21(31)18-13(2)27-22-28-23(33-12-14-7-4-5-8-15(14)24)29-30(22)20(18)19-16(25)9-6-10-17(19)26/h3-10,20H,1,11-12H2,2H3,(H,27,28,29). The molecular weight excluding hydrogens is 503 g/mol. The predicted octanol–water partition coefficient (Wildman–Crippen LogP) is 6.55. The zero-order valence-electron chi connectivity index (χ0n) is 17.5. The second kappa shape index (κ2) is 10.2. The molecule has 0 saturated carbocycles. The molecule has 33 heavy (non-hydrogen) atoms. The SMILES string of the molecule is C=CCOC(=O)C1=C(C)Nc2nc(SCc3ccccc3Cl)nn2C1c1c(Cl)cccc1Cl. The zero-order chi connectivity index (χ0) is 23.5. The Morgan fingerprint density at radius 2 is 1.88 bits per heavy atom. The molecule has 4 rings (SSSR count). The number of carbonyl (C=O) groups excluding carboxylic acids is 1. The third-order valence-electron chi connectivity index (χ3n) is 4.97. The van der Waals surface area contributed by atoms with Crippen molar-refractivity contribution in [3.63, 3.8) is 0 Å². The highest BCUT2D eigenvalue weighted by atomic mass is 35.5. The summed E-state index contributed by atoms with van der Waals surface area (Å²) >= 11 is 20.8. The number of rotatable bonds is 7. The highest BCUT2D eigenvalue weighted by molar-refractivity contribution is 7.98. The molecule has 0 radical (unpaired) electrons. The largest absolute Gasteiger partial charge is 0.458 e. The molecule has 1 unspecified atom stereocenters. The maximum atomic E-state index is 13.0. The van der Waals surface area contributed by atoms with E-state index in [-0.39, 0.29) is 6.61 Å². The van der Waals surface area contributed by atoms with Gasteiger partial charge in [0.05, 0.1) is 5.57 Å². The Morgan fingerprint density at radius 3 is 2.58 bits per heavy atom. The Morgan fingerprint density at radius 1 is 1.18 bits per heavy atom. The van der Waals surface area contributed by atoms with Gasteiger partial charge in [0.1, 0.15) is 12.6 Å². The van der Waals surface area contributed by atoms with E-state index in [1.807, 2.05) is 24.3 Å². The summed E-state index contributed by atoms with van der Waals surface area (Å²) < 4.78 is 6.96. The first kappa shape index (κ1) is 23.7. The van der Waals surface area contributed by atoms with Crippen molar-refractivity contribution in [1.29, 1.82) is 0 Å². The number of fused-ring (bicyclic) bond motifs is 1. The van der Waals surface area contributed by atoms with E-state index in [0.717, 1.165) is 5.56 Å². The Hall–Kier alpha value is -2.45. The summed E-state index contributed by atoms with van der Waals surface area (Å²) in [7, 11) is 0. The minimum absolute atomic E-state index is 0.0712. The van der Waals surface area contributed by atoms with Gasteiger partial charge in [-0.05, 0) is 30.7 Å². The number of nitrogens with one attached hydrogen (secondary N) is 1. The minimum atomic E-state index is -0.720. The number of ether oxygens (including phenoxy) is 1. The van der Waals surface area contributed by atoms with Gasteiger partial charge in [-0.15, -0.1) is 5.10 Å². The maximum absolute atomic E-state index is 13.0. The lowest BCUT2D eigenvalue weighted by Crippen LogP contribution is -2.30. The molecule has 0 bridgehead atoms. The first-order chi connectivity index (χ1) is 15.9.